The summed E-state index contributed by atoms with van der Waals surface area (Å²) >= 11 is 0. The Kier molecular flexibility index (Phi) is 5.36. The largest absolute Gasteiger partial charge is 0.294 e. The average molecular weight is 328 g/mol. The number of nitrogens with zero attached hydrogens (tertiary/aromatic N) is 2. The van der Waals surface area contributed by atoms with Gasteiger partial charge in [0, 0.05) is 36.0 Å². The van der Waals surface area contributed by atoms with Crippen molar-refractivity contribution >= 4 is 11.5 Å². The van der Waals surface area contributed by atoms with Gasteiger partial charge in [-0.1, -0.05) is 42.5 Å². The van der Waals surface area contributed by atoms with Crippen LogP contribution in [0.2, 0.25) is 0 Å². The molecule has 0 aromatic heterocycles. The molecule has 0 saturated carbocycles. The topological polar surface area (TPSA) is 103 Å². The predicted octanol–water partition coefficient (Wildman–Crippen LogP) is 3.62. The zero-order chi connectivity index (χ0) is 17.7. The molecule has 0 amide bonds. The molecular formula is C17H16N2O5. The van der Waals surface area contributed by atoms with Crippen molar-refractivity contribution in [1.29, 1.82) is 0 Å². The van der Waals surface area contributed by atoms with Crippen LogP contribution in [0.1, 0.15) is 35.2 Å². The van der Waals surface area contributed by atoms with E-state index in [-0.39, 0.29) is 17.9 Å². The molecule has 0 unspecified atom stereocenters. The summed E-state index contributed by atoms with van der Waals surface area (Å²) in [5, 5.41) is 22.1. The number of hydrogen-bond acceptors (Lipinski definition) is 5. The van der Waals surface area contributed by atoms with Crippen LogP contribution in [0.3, 0.4) is 0 Å². The van der Waals surface area contributed by atoms with Crippen LogP contribution in [0.5, 0.6) is 0 Å². The number of nitro benzene ring substituents is 1. The number of rotatable bonds is 7. The van der Waals surface area contributed by atoms with Gasteiger partial charge in [-0.25, -0.2) is 0 Å². The first-order valence-electron chi connectivity index (χ1n) is 7.36. The molecule has 0 fully saturated rings. The van der Waals surface area contributed by atoms with E-state index in [1.165, 1.54) is 25.1 Å². The van der Waals surface area contributed by atoms with E-state index in [0.717, 1.165) is 0 Å². The SMILES string of the molecule is C[C@H]([C@H](CC(=O)c1ccccc1)c1cccc([N+](=O)[O-])c1)[N+](=O)[O-]. The highest BCUT2D eigenvalue weighted by Gasteiger charge is 2.31. The molecule has 7 nitrogen and oxygen atoms in total. The Labute approximate surface area is 138 Å². The van der Waals surface area contributed by atoms with Crippen molar-refractivity contribution in [3.8, 4) is 0 Å². The number of Topliss-reactive ketones (excluding diaryl/α,β-unsaturated/α-hetero) is 1. The fourth-order valence-electron chi connectivity index (χ4n) is 2.52. The van der Waals surface area contributed by atoms with Crippen molar-refractivity contribution in [2.45, 2.75) is 25.3 Å². The van der Waals surface area contributed by atoms with Gasteiger partial charge in [0.25, 0.3) is 5.69 Å². The second-order valence-electron chi connectivity index (χ2n) is 5.48. The summed E-state index contributed by atoms with van der Waals surface area (Å²) in [6, 6.07) is 13.1. The molecule has 0 aliphatic rings. The Morgan fingerprint density at radius 1 is 1.04 bits per heavy atom. The molecule has 0 aliphatic carbocycles. The zero-order valence-electron chi connectivity index (χ0n) is 13.0. The van der Waals surface area contributed by atoms with Crippen LogP contribution in [-0.4, -0.2) is 21.7 Å². The first-order chi connectivity index (χ1) is 11.4. The quantitative estimate of drug-likeness (QED) is 0.438. The zero-order valence-corrected chi connectivity index (χ0v) is 13.0. The Hall–Kier alpha value is -3.09. The fraction of sp³-hybridized carbons (Fsp3) is 0.235. The van der Waals surface area contributed by atoms with Crippen LogP contribution in [-0.2, 0) is 0 Å². The van der Waals surface area contributed by atoms with Crippen molar-refractivity contribution in [2.24, 2.45) is 0 Å². The van der Waals surface area contributed by atoms with Gasteiger partial charge in [0.1, 0.15) is 0 Å². The Bertz CT molecular complexity index is 761. The third-order valence-electron chi connectivity index (χ3n) is 3.93. The first-order valence-corrected chi connectivity index (χ1v) is 7.36. The molecule has 124 valence electrons. The molecule has 0 heterocycles. The standard InChI is InChI=1S/C17H16N2O5/c1-12(18(21)22)16(11-17(20)13-6-3-2-4-7-13)14-8-5-9-15(10-14)19(23)24/h2-10,12,16H,11H2,1H3/t12-,16+/m1/s1. The maximum Gasteiger partial charge on any atom is 0.269 e. The number of nitro groups is 2. The molecule has 2 aromatic carbocycles. The summed E-state index contributed by atoms with van der Waals surface area (Å²) in [4.78, 5) is 33.5. The number of carbonyl (C=O) groups is 1. The van der Waals surface area contributed by atoms with Crippen molar-refractivity contribution in [3.63, 3.8) is 0 Å². The van der Waals surface area contributed by atoms with Crippen LogP contribution >= 0.6 is 0 Å². The number of non-ortho nitro benzene ring substituents is 1. The van der Waals surface area contributed by atoms with E-state index in [0.29, 0.717) is 11.1 Å². The number of carbonyl (C=O) groups excluding carboxylic acids is 1. The minimum Gasteiger partial charge on any atom is -0.294 e. The van der Waals surface area contributed by atoms with Gasteiger partial charge in [0.2, 0.25) is 6.04 Å². The Morgan fingerprint density at radius 2 is 1.71 bits per heavy atom. The highest BCUT2D eigenvalue weighted by molar-refractivity contribution is 5.96. The van der Waals surface area contributed by atoms with E-state index < -0.39 is 21.8 Å². The molecule has 0 aliphatic heterocycles. The van der Waals surface area contributed by atoms with Crippen molar-refractivity contribution < 1.29 is 14.6 Å². The summed E-state index contributed by atoms with van der Waals surface area (Å²) in [5.74, 6) is -0.978. The van der Waals surface area contributed by atoms with Gasteiger partial charge < -0.3 is 0 Å². The lowest BCUT2D eigenvalue weighted by atomic mass is 9.86. The number of ketones is 1. The van der Waals surface area contributed by atoms with Crippen LogP contribution in [0, 0.1) is 20.2 Å². The number of benzene rings is 2. The Balaban J connectivity index is 2.35. The maximum absolute atomic E-state index is 12.4. The molecule has 0 saturated heterocycles. The molecule has 2 aromatic rings. The minimum absolute atomic E-state index is 0.0900. The summed E-state index contributed by atoms with van der Waals surface area (Å²) in [7, 11) is 0. The van der Waals surface area contributed by atoms with E-state index >= 15 is 0 Å². The molecule has 0 radical (unpaired) electrons. The smallest absolute Gasteiger partial charge is 0.269 e. The summed E-state index contributed by atoms with van der Waals surface area (Å²) in [6.45, 7) is 1.40. The Morgan fingerprint density at radius 3 is 2.29 bits per heavy atom. The van der Waals surface area contributed by atoms with Crippen molar-refractivity contribution in [1.82, 2.24) is 0 Å². The van der Waals surface area contributed by atoms with Crippen LogP contribution in [0.15, 0.2) is 54.6 Å². The van der Waals surface area contributed by atoms with Crippen LogP contribution < -0.4 is 0 Å². The molecule has 0 bridgehead atoms. The van der Waals surface area contributed by atoms with Gasteiger partial charge in [-0.2, -0.15) is 0 Å². The molecular weight excluding hydrogens is 312 g/mol. The fourth-order valence-corrected chi connectivity index (χ4v) is 2.52. The van der Waals surface area contributed by atoms with Crippen LogP contribution in [0.25, 0.3) is 0 Å². The number of hydrogen-bond donors (Lipinski definition) is 0. The van der Waals surface area contributed by atoms with E-state index in [9.17, 15) is 25.0 Å². The lowest BCUT2D eigenvalue weighted by Gasteiger charge is -2.18. The third kappa shape index (κ3) is 4.01. The second-order valence-corrected chi connectivity index (χ2v) is 5.48. The summed E-state index contributed by atoms with van der Waals surface area (Å²) < 4.78 is 0. The van der Waals surface area contributed by atoms with Gasteiger partial charge in [0.15, 0.2) is 5.78 Å². The monoisotopic (exact) mass is 328 g/mol. The van der Waals surface area contributed by atoms with Gasteiger partial charge in [-0.15, -0.1) is 0 Å². The van der Waals surface area contributed by atoms with Gasteiger partial charge in [0.05, 0.1) is 10.8 Å². The first kappa shape index (κ1) is 17.3. The van der Waals surface area contributed by atoms with Crippen LogP contribution in [0.4, 0.5) is 5.69 Å². The third-order valence-corrected chi connectivity index (χ3v) is 3.93. The van der Waals surface area contributed by atoms with Gasteiger partial charge in [-0.05, 0) is 5.56 Å². The van der Waals surface area contributed by atoms with Crippen molar-refractivity contribution in [2.75, 3.05) is 0 Å². The highest BCUT2D eigenvalue weighted by Crippen LogP contribution is 2.29. The molecule has 0 N–H and O–H groups in total. The van der Waals surface area contributed by atoms with E-state index in [4.69, 9.17) is 0 Å². The average Bonchev–Trinajstić information content (AvgIpc) is 2.59. The molecule has 2 rings (SSSR count). The summed E-state index contributed by atoms with van der Waals surface area (Å²) in [5.41, 5.74) is 0.723. The lowest BCUT2D eigenvalue weighted by Crippen LogP contribution is -2.26. The lowest BCUT2D eigenvalue weighted by molar-refractivity contribution is -0.522. The molecule has 0 spiro atoms. The second kappa shape index (κ2) is 7.45. The maximum atomic E-state index is 12.4. The van der Waals surface area contributed by atoms with Gasteiger partial charge in [-0.3, -0.25) is 25.0 Å². The highest BCUT2D eigenvalue weighted by atomic mass is 16.6. The minimum atomic E-state index is -1.04. The van der Waals surface area contributed by atoms with Crippen molar-refractivity contribution in [3.05, 3.63) is 86.0 Å². The van der Waals surface area contributed by atoms with E-state index in [1.54, 1.807) is 36.4 Å². The molecule has 24 heavy (non-hydrogen) atoms. The van der Waals surface area contributed by atoms with E-state index in [1.807, 2.05) is 0 Å². The van der Waals surface area contributed by atoms with E-state index in [2.05, 4.69) is 0 Å². The summed E-state index contributed by atoms with van der Waals surface area (Å²) in [6.07, 6.45) is -0.0900. The normalized spacial score (nSPS) is 13.0. The molecule has 7 heteroatoms. The van der Waals surface area contributed by atoms with Gasteiger partial charge >= 0.3 is 0 Å². The molecule has 2 atom stereocenters. The predicted molar refractivity (Wildman–Crippen MR) is 87.7 cm³/mol.